The van der Waals surface area contributed by atoms with Gasteiger partial charge < -0.3 is 5.73 Å². The molecule has 126 valence electrons. The van der Waals surface area contributed by atoms with Crippen molar-refractivity contribution in [2.75, 3.05) is 13.1 Å². The summed E-state index contributed by atoms with van der Waals surface area (Å²) in [5, 5.41) is 2.79. The van der Waals surface area contributed by atoms with E-state index in [2.05, 4.69) is 4.98 Å². The summed E-state index contributed by atoms with van der Waals surface area (Å²) in [7, 11) is -3.50. The highest BCUT2D eigenvalue weighted by atomic mass is 35.5. The zero-order valence-corrected chi connectivity index (χ0v) is 15.4. The number of aryl methyl sites for hydroxylation is 1. The Hall–Kier alpha value is -0.990. The molecule has 1 saturated heterocycles. The largest absolute Gasteiger partial charge is 0.326 e. The molecule has 0 spiro atoms. The normalized spacial score (nSPS) is 22.0. The SMILES string of the molecule is Cc1csc(-c2cccc(S(=O)(=O)N3CC(C)C(N)C3)c2)n1.Cl. The third-order valence-corrected chi connectivity index (χ3v) is 6.81. The molecule has 2 N–H and O–H groups in total. The van der Waals surface area contributed by atoms with E-state index in [1.165, 1.54) is 15.6 Å². The fraction of sp³-hybridized carbons (Fsp3) is 0.400. The summed E-state index contributed by atoms with van der Waals surface area (Å²) in [6.45, 7) is 4.76. The van der Waals surface area contributed by atoms with Gasteiger partial charge in [-0.2, -0.15) is 4.31 Å². The van der Waals surface area contributed by atoms with E-state index in [1.807, 2.05) is 25.3 Å². The minimum absolute atomic E-state index is 0. The average molecular weight is 374 g/mol. The van der Waals surface area contributed by atoms with Gasteiger partial charge in [-0.25, -0.2) is 13.4 Å². The van der Waals surface area contributed by atoms with Gasteiger partial charge in [0.05, 0.1) is 4.90 Å². The van der Waals surface area contributed by atoms with Crippen LogP contribution in [0.2, 0.25) is 0 Å². The minimum atomic E-state index is -3.50. The van der Waals surface area contributed by atoms with Crippen LogP contribution in [0.15, 0.2) is 34.5 Å². The predicted octanol–water partition coefficient (Wildman–Crippen LogP) is 2.51. The van der Waals surface area contributed by atoms with Crippen LogP contribution >= 0.6 is 23.7 Å². The van der Waals surface area contributed by atoms with Gasteiger partial charge in [0.1, 0.15) is 5.01 Å². The molecule has 1 aromatic carbocycles. The van der Waals surface area contributed by atoms with E-state index in [9.17, 15) is 8.42 Å². The second-order valence-corrected chi connectivity index (χ2v) is 8.58. The van der Waals surface area contributed by atoms with Gasteiger partial charge in [-0.3, -0.25) is 0 Å². The van der Waals surface area contributed by atoms with Crippen molar-refractivity contribution in [2.45, 2.75) is 24.8 Å². The molecule has 2 aromatic rings. The molecule has 0 amide bonds. The van der Waals surface area contributed by atoms with Crippen LogP contribution in [-0.4, -0.2) is 36.8 Å². The Kier molecular flexibility index (Phi) is 5.48. The fourth-order valence-corrected chi connectivity index (χ4v) is 4.99. The zero-order chi connectivity index (χ0) is 15.9. The van der Waals surface area contributed by atoms with Gasteiger partial charge in [0.25, 0.3) is 0 Å². The summed E-state index contributed by atoms with van der Waals surface area (Å²) in [4.78, 5) is 4.72. The molecule has 1 aliphatic rings. The predicted molar refractivity (Wildman–Crippen MR) is 95.4 cm³/mol. The Balaban J connectivity index is 0.00000192. The molecule has 1 fully saturated rings. The number of aromatic nitrogens is 1. The van der Waals surface area contributed by atoms with Crippen LogP contribution in [0.4, 0.5) is 0 Å². The smallest absolute Gasteiger partial charge is 0.243 e. The van der Waals surface area contributed by atoms with Crippen LogP contribution in [0, 0.1) is 12.8 Å². The lowest BCUT2D eigenvalue weighted by molar-refractivity contribution is 0.464. The second-order valence-electron chi connectivity index (χ2n) is 5.79. The minimum Gasteiger partial charge on any atom is -0.326 e. The molecular formula is C15H20ClN3O2S2. The van der Waals surface area contributed by atoms with Crippen molar-refractivity contribution in [1.82, 2.24) is 9.29 Å². The molecule has 1 aromatic heterocycles. The first-order valence-electron chi connectivity index (χ1n) is 7.16. The quantitative estimate of drug-likeness (QED) is 0.896. The molecule has 2 atom stereocenters. The Morgan fingerprint density at radius 3 is 2.65 bits per heavy atom. The van der Waals surface area contributed by atoms with E-state index in [-0.39, 0.29) is 24.4 Å². The summed E-state index contributed by atoms with van der Waals surface area (Å²) < 4.78 is 27.0. The monoisotopic (exact) mass is 373 g/mol. The number of rotatable bonds is 3. The first-order chi connectivity index (χ1) is 10.4. The van der Waals surface area contributed by atoms with E-state index < -0.39 is 10.0 Å². The van der Waals surface area contributed by atoms with Crippen molar-refractivity contribution in [3.8, 4) is 10.6 Å². The maximum atomic E-state index is 12.8. The van der Waals surface area contributed by atoms with E-state index in [0.29, 0.717) is 18.0 Å². The lowest BCUT2D eigenvalue weighted by Crippen LogP contribution is -2.32. The van der Waals surface area contributed by atoms with Crippen molar-refractivity contribution >= 4 is 33.8 Å². The zero-order valence-electron chi connectivity index (χ0n) is 13.0. The molecule has 23 heavy (non-hydrogen) atoms. The highest BCUT2D eigenvalue weighted by Crippen LogP contribution is 2.28. The third kappa shape index (κ3) is 3.59. The van der Waals surface area contributed by atoms with Gasteiger partial charge in [-0.05, 0) is 25.0 Å². The van der Waals surface area contributed by atoms with Crippen LogP contribution < -0.4 is 5.73 Å². The van der Waals surface area contributed by atoms with Gasteiger partial charge in [-0.15, -0.1) is 23.7 Å². The molecule has 0 bridgehead atoms. The molecule has 0 aliphatic carbocycles. The number of hydrogen-bond acceptors (Lipinski definition) is 5. The van der Waals surface area contributed by atoms with Crippen LogP contribution in [0.5, 0.6) is 0 Å². The maximum absolute atomic E-state index is 12.8. The molecule has 8 heteroatoms. The lowest BCUT2D eigenvalue weighted by atomic mass is 10.1. The molecular weight excluding hydrogens is 354 g/mol. The van der Waals surface area contributed by atoms with Crippen molar-refractivity contribution in [2.24, 2.45) is 11.7 Å². The Morgan fingerprint density at radius 2 is 2.09 bits per heavy atom. The molecule has 0 radical (unpaired) electrons. The van der Waals surface area contributed by atoms with E-state index >= 15 is 0 Å². The van der Waals surface area contributed by atoms with Gasteiger partial charge in [-0.1, -0.05) is 19.1 Å². The number of halogens is 1. The number of nitrogens with two attached hydrogens (primary N) is 1. The number of nitrogens with zero attached hydrogens (tertiary/aromatic N) is 2. The summed E-state index contributed by atoms with van der Waals surface area (Å²) in [5.74, 6) is 0.180. The Morgan fingerprint density at radius 1 is 1.35 bits per heavy atom. The van der Waals surface area contributed by atoms with E-state index in [4.69, 9.17) is 5.73 Å². The summed E-state index contributed by atoms with van der Waals surface area (Å²) >= 11 is 1.52. The molecule has 2 heterocycles. The Bertz CT molecular complexity index is 782. The standard InChI is InChI=1S/C15H19N3O2S2.ClH/c1-10-7-18(8-14(10)16)22(19,20)13-5-3-4-12(6-13)15-17-11(2)9-21-15;/h3-6,9-10,14H,7-8,16H2,1-2H3;1H. The van der Waals surface area contributed by atoms with Crippen LogP contribution in [-0.2, 0) is 10.0 Å². The van der Waals surface area contributed by atoms with Gasteiger partial charge in [0, 0.05) is 35.8 Å². The van der Waals surface area contributed by atoms with Crippen molar-refractivity contribution in [1.29, 1.82) is 0 Å². The van der Waals surface area contributed by atoms with Gasteiger partial charge >= 0.3 is 0 Å². The number of hydrogen-bond donors (Lipinski definition) is 1. The Labute approximate surface area is 147 Å². The van der Waals surface area contributed by atoms with Gasteiger partial charge in [0.15, 0.2) is 0 Å². The number of benzene rings is 1. The van der Waals surface area contributed by atoms with Crippen molar-refractivity contribution in [3.63, 3.8) is 0 Å². The second kappa shape index (κ2) is 6.86. The topological polar surface area (TPSA) is 76.3 Å². The number of sulfonamides is 1. The summed E-state index contributed by atoms with van der Waals surface area (Å²) in [6.07, 6.45) is 0. The summed E-state index contributed by atoms with van der Waals surface area (Å²) in [6, 6.07) is 6.88. The summed E-state index contributed by atoms with van der Waals surface area (Å²) in [5.41, 5.74) is 7.72. The van der Waals surface area contributed by atoms with Crippen LogP contribution in [0.1, 0.15) is 12.6 Å². The molecule has 1 aliphatic heterocycles. The molecule has 5 nitrogen and oxygen atoms in total. The van der Waals surface area contributed by atoms with Crippen molar-refractivity contribution in [3.05, 3.63) is 35.3 Å². The number of thiazole rings is 1. The van der Waals surface area contributed by atoms with E-state index in [0.717, 1.165) is 16.3 Å². The molecule has 0 saturated carbocycles. The lowest BCUT2D eigenvalue weighted by Gasteiger charge is -2.16. The van der Waals surface area contributed by atoms with Crippen LogP contribution in [0.25, 0.3) is 10.6 Å². The van der Waals surface area contributed by atoms with Gasteiger partial charge in [0.2, 0.25) is 10.0 Å². The van der Waals surface area contributed by atoms with E-state index in [1.54, 1.807) is 18.2 Å². The maximum Gasteiger partial charge on any atom is 0.243 e. The fourth-order valence-electron chi connectivity index (χ4n) is 2.57. The first kappa shape index (κ1) is 18.4. The van der Waals surface area contributed by atoms with Crippen LogP contribution in [0.3, 0.4) is 0 Å². The average Bonchev–Trinajstić information content (AvgIpc) is 3.06. The molecule has 2 unspecified atom stereocenters. The molecule has 3 rings (SSSR count). The third-order valence-electron chi connectivity index (χ3n) is 3.97. The van der Waals surface area contributed by atoms with Crippen molar-refractivity contribution < 1.29 is 8.42 Å². The highest BCUT2D eigenvalue weighted by Gasteiger charge is 2.35. The highest BCUT2D eigenvalue weighted by molar-refractivity contribution is 7.89. The first-order valence-corrected chi connectivity index (χ1v) is 9.48.